The number of rotatable bonds is 3. The van der Waals surface area contributed by atoms with Crippen LogP contribution in [-0.2, 0) is 0 Å². The number of nitriles is 1. The lowest BCUT2D eigenvalue weighted by molar-refractivity contribution is -0.385. The molecule has 0 unspecified atom stereocenters. The third-order valence-electron chi connectivity index (χ3n) is 2.62. The van der Waals surface area contributed by atoms with Crippen molar-refractivity contribution in [1.82, 2.24) is 0 Å². The number of para-hydroxylation sites is 1. The Morgan fingerprint density at radius 3 is 2.40 bits per heavy atom. The van der Waals surface area contributed by atoms with Gasteiger partial charge in [0.15, 0.2) is 0 Å². The maximum absolute atomic E-state index is 12.0. The molecule has 6 heteroatoms. The first-order valence-electron chi connectivity index (χ1n) is 5.67. The highest BCUT2D eigenvalue weighted by Crippen LogP contribution is 2.19. The second-order valence-corrected chi connectivity index (χ2v) is 3.92. The highest BCUT2D eigenvalue weighted by atomic mass is 16.6. The van der Waals surface area contributed by atoms with Crippen LogP contribution in [0, 0.1) is 21.4 Å². The molecule has 0 fully saturated rings. The molecule has 0 saturated heterocycles. The average Bonchev–Trinajstić information content (AvgIpc) is 2.48. The van der Waals surface area contributed by atoms with Gasteiger partial charge in [-0.05, 0) is 30.3 Å². The third-order valence-corrected chi connectivity index (χ3v) is 2.62. The van der Waals surface area contributed by atoms with Crippen molar-refractivity contribution in [2.75, 3.05) is 5.32 Å². The number of hydrogen-bond donors (Lipinski definition) is 1. The summed E-state index contributed by atoms with van der Waals surface area (Å²) in [5.74, 6) is -0.568. The second kappa shape index (κ2) is 5.63. The third kappa shape index (κ3) is 2.79. The number of benzene rings is 2. The zero-order valence-electron chi connectivity index (χ0n) is 10.2. The zero-order valence-corrected chi connectivity index (χ0v) is 10.2. The van der Waals surface area contributed by atoms with Crippen LogP contribution in [0.25, 0.3) is 0 Å². The second-order valence-electron chi connectivity index (χ2n) is 3.92. The van der Waals surface area contributed by atoms with Gasteiger partial charge in [0, 0.05) is 11.8 Å². The maximum atomic E-state index is 12.0. The van der Waals surface area contributed by atoms with Gasteiger partial charge in [-0.2, -0.15) is 5.26 Å². The summed E-state index contributed by atoms with van der Waals surface area (Å²) in [4.78, 5) is 22.3. The summed E-state index contributed by atoms with van der Waals surface area (Å²) in [5, 5.41) is 22.1. The molecule has 98 valence electrons. The smallest absolute Gasteiger partial charge is 0.282 e. The summed E-state index contributed by atoms with van der Waals surface area (Å²) >= 11 is 0. The SMILES string of the molecule is N#Cc1ccc(NC(=O)c2ccccc2[N+](=O)[O-])cc1. The van der Waals surface area contributed by atoms with E-state index in [0.29, 0.717) is 11.3 Å². The molecule has 0 saturated carbocycles. The van der Waals surface area contributed by atoms with Crippen LogP contribution in [0.3, 0.4) is 0 Å². The van der Waals surface area contributed by atoms with E-state index in [1.165, 1.54) is 18.2 Å². The molecule has 2 aromatic rings. The van der Waals surface area contributed by atoms with Gasteiger partial charge < -0.3 is 5.32 Å². The van der Waals surface area contributed by atoms with E-state index in [0.717, 1.165) is 0 Å². The molecule has 0 atom stereocenters. The van der Waals surface area contributed by atoms with Crippen LogP contribution >= 0.6 is 0 Å². The van der Waals surface area contributed by atoms with Gasteiger partial charge in [-0.3, -0.25) is 14.9 Å². The summed E-state index contributed by atoms with van der Waals surface area (Å²) in [5.41, 5.74) is 0.668. The Morgan fingerprint density at radius 2 is 1.80 bits per heavy atom. The Morgan fingerprint density at radius 1 is 1.15 bits per heavy atom. The van der Waals surface area contributed by atoms with Crippen molar-refractivity contribution < 1.29 is 9.72 Å². The van der Waals surface area contributed by atoms with Crippen molar-refractivity contribution in [2.45, 2.75) is 0 Å². The summed E-state index contributed by atoms with van der Waals surface area (Å²) in [6.07, 6.45) is 0. The Hall–Kier alpha value is -3.20. The van der Waals surface area contributed by atoms with E-state index in [2.05, 4.69) is 5.32 Å². The Kier molecular flexibility index (Phi) is 3.72. The molecule has 0 radical (unpaired) electrons. The molecule has 20 heavy (non-hydrogen) atoms. The van der Waals surface area contributed by atoms with Gasteiger partial charge in [0.2, 0.25) is 0 Å². The molecule has 6 nitrogen and oxygen atoms in total. The fourth-order valence-corrected chi connectivity index (χ4v) is 1.65. The molecule has 1 N–H and O–H groups in total. The van der Waals surface area contributed by atoms with Crippen LogP contribution in [-0.4, -0.2) is 10.8 Å². The molecule has 0 aliphatic rings. The average molecular weight is 267 g/mol. The van der Waals surface area contributed by atoms with E-state index in [4.69, 9.17) is 5.26 Å². The van der Waals surface area contributed by atoms with Crippen molar-refractivity contribution in [3.63, 3.8) is 0 Å². The number of amides is 1. The molecule has 0 heterocycles. The number of nitro benzene ring substituents is 1. The fourth-order valence-electron chi connectivity index (χ4n) is 1.65. The molecule has 0 bridgehead atoms. The predicted molar refractivity (Wildman–Crippen MR) is 72.2 cm³/mol. The van der Waals surface area contributed by atoms with E-state index in [1.54, 1.807) is 30.3 Å². The van der Waals surface area contributed by atoms with E-state index >= 15 is 0 Å². The predicted octanol–water partition coefficient (Wildman–Crippen LogP) is 2.72. The van der Waals surface area contributed by atoms with Crippen molar-refractivity contribution in [3.05, 3.63) is 69.8 Å². The Balaban J connectivity index is 2.24. The quantitative estimate of drug-likeness (QED) is 0.683. The largest absolute Gasteiger partial charge is 0.322 e. The van der Waals surface area contributed by atoms with Crippen molar-refractivity contribution in [2.24, 2.45) is 0 Å². The molecule has 0 aliphatic carbocycles. The normalized spacial score (nSPS) is 9.55. The number of anilines is 1. The van der Waals surface area contributed by atoms with Crippen molar-refractivity contribution >= 4 is 17.3 Å². The van der Waals surface area contributed by atoms with E-state index in [1.807, 2.05) is 6.07 Å². The number of carbonyl (C=O) groups excluding carboxylic acids is 1. The van der Waals surface area contributed by atoms with Crippen LogP contribution in [0.5, 0.6) is 0 Å². The van der Waals surface area contributed by atoms with E-state index in [9.17, 15) is 14.9 Å². The van der Waals surface area contributed by atoms with E-state index < -0.39 is 10.8 Å². The minimum absolute atomic E-state index is 0.0122. The van der Waals surface area contributed by atoms with Crippen molar-refractivity contribution in [3.8, 4) is 6.07 Å². The maximum Gasteiger partial charge on any atom is 0.282 e. The van der Waals surface area contributed by atoms with Crippen LogP contribution < -0.4 is 5.32 Å². The first-order chi connectivity index (χ1) is 9.61. The van der Waals surface area contributed by atoms with Crippen LogP contribution in [0.2, 0.25) is 0 Å². The topological polar surface area (TPSA) is 96.0 Å². The first-order valence-corrected chi connectivity index (χ1v) is 5.67. The Labute approximate surface area is 114 Å². The molecule has 0 spiro atoms. The summed E-state index contributed by atoms with van der Waals surface area (Å²) in [6, 6.07) is 13.9. The lowest BCUT2D eigenvalue weighted by Gasteiger charge is -2.05. The van der Waals surface area contributed by atoms with Gasteiger partial charge in [0.1, 0.15) is 5.56 Å². The van der Waals surface area contributed by atoms with Crippen LogP contribution in [0.1, 0.15) is 15.9 Å². The van der Waals surface area contributed by atoms with E-state index in [-0.39, 0.29) is 11.3 Å². The lowest BCUT2D eigenvalue weighted by atomic mass is 10.1. The summed E-state index contributed by atoms with van der Waals surface area (Å²) < 4.78 is 0. The highest BCUT2D eigenvalue weighted by Gasteiger charge is 2.18. The number of nitrogens with one attached hydrogen (secondary N) is 1. The zero-order chi connectivity index (χ0) is 14.5. The minimum Gasteiger partial charge on any atom is -0.322 e. The number of carbonyl (C=O) groups is 1. The minimum atomic E-state index is -0.603. The summed E-state index contributed by atoms with van der Waals surface area (Å²) in [7, 11) is 0. The van der Waals surface area contributed by atoms with Crippen molar-refractivity contribution in [1.29, 1.82) is 5.26 Å². The molecule has 2 rings (SSSR count). The van der Waals surface area contributed by atoms with Gasteiger partial charge in [-0.15, -0.1) is 0 Å². The molecular weight excluding hydrogens is 258 g/mol. The monoisotopic (exact) mass is 267 g/mol. The van der Waals surface area contributed by atoms with Crippen LogP contribution in [0.4, 0.5) is 11.4 Å². The molecule has 0 aromatic heterocycles. The lowest BCUT2D eigenvalue weighted by Crippen LogP contribution is -2.13. The van der Waals surface area contributed by atoms with Gasteiger partial charge in [-0.25, -0.2) is 0 Å². The van der Waals surface area contributed by atoms with Gasteiger partial charge >= 0.3 is 0 Å². The standard InChI is InChI=1S/C14H9N3O3/c15-9-10-5-7-11(8-6-10)16-14(18)12-3-1-2-4-13(12)17(19)20/h1-8H,(H,16,18). The number of nitro groups is 1. The Bertz CT molecular complexity index is 702. The highest BCUT2D eigenvalue weighted by molar-refractivity contribution is 6.07. The van der Waals surface area contributed by atoms with Gasteiger partial charge in [0.05, 0.1) is 16.6 Å². The number of nitrogens with zero attached hydrogens (tertiary/aromatic N) is 2. The van der Waals surface area contributed by atoms with Crippen LogP contribution in [0.15, 0.2) is 48.5 Å². The summed E-state index contributed by atoms with van der Waals surface area (Å²) in [6.45, 7) is 0. The first kappa shape index (κ1) is 13.2. The van der Waals surface area contributed by atoms with Gasteiger partial charge in [-0.1, -0.05) is 12.1 Å². The molecular formula is C14H9N3O3. The number of hydrogen-bond acceptors (Lipinski definition) is 4. The van der Waals surface area contributed by atoms with Gasteiger partial charge in [0.25, 0.3) is 11.6 Å². The molecule has 2 aromatic carbocycles. The molecule has 1 amide bonds. The fraction of sp³-hybridized carbons (Fsp3) is 0. The molecule has 0 aliphatic heterocycles.